The fraction of sp³-hybridized carbons (Fsp3) is 0.610. The molecule has 0 radical (unpaired) electrons. The van der Waals surface area contributed by atoms with Crippen molar-refractivity contribution in [3.05, 3.63) is 53.3 Å². The molecule has 4 heterocycles. The number of fused-ring (bicyclic) bond motifs is 1. The summed E-state index contributed by atoms with van der Waals surface area (Å²) in [6.45, 7) is 17.1. The quantitative estimate of drug-likeness (QED) is 0.182. The Morgan fingerprint density at radius 3 is 2.60 bits per heavy atom. The predicted octanol–water partition coefficient (Wildman–Crippen LogP) is 7.12. The number of amides is 2. The van der Waals surface area contributed by atoms with Crippen LogP contribution >= 0.6 is 11.8 Å². The van der Waals surface area contributed by atoms with Crippen LogP contribution in [0.3, 0.4) is 0 Å². The van der Waals surface area contributed by atoms with E-state index < -0.39 is 6.04 Å². The largest absolute Gasteiger partial charge is 0.384 e. The molecule has 2 amide bonds. The minimum atomic E-state index is -0.656. The van der Waals surface area contributed by atoms with Crippen molar-refractivity contribution >= 4 is 39.5 Å². The molecule has 52 heavy (non-hydrogen) atoms. The number of carbonyl (C=O) groups is 2. The van der Waals surface area contributed by atoms with Crippen LogP contribution in [0.2, 0.25) is 0 Å². The van der Waals surface area contributed by atoms with Crippen molar-refractivity contribution < 1.29 is 19.1 Å². The van der Waals surface area contributed by atoms with Crippen LogP contribution in [0.5, 0.6) is 0 Å². The van der Waals surface area contributed by atoms with E-state index in [9.17, 15) is 9.59 Å². The molecule has 3 aromatic rings. The highest BCUT2D eigenvalue weighted by atomic mass is 32.2. The van der Waals surface area contributed by atoms with Crippen molar-refractivity contribution in [2.45, 2.75) is 105 Å². The first-order chi connectivity index (χ1) is 24.9. The van der Waals surface area contributed by atoms with E-state index in [1.807, 2.05) is 19.2 Å². The number of thioether (sulfide) groups is 1. The molecule has 1 aromatic carbocycles. The molecular formula is C41H58N6O4S. The van der Waals surface area contributed by atoms with Gasteiger partial charge in [-0.2, -0.15) is 0 Å². The van der Waals surface area contributed by atoms with E-state index in [0.717, 1.165) is 53.4 Å². The Labute approximate surface area is 313 Å². The van der Waals surface area contributed by atoms with E-state index in [1.165, 1.54) is 22.2 Å². The Hall–Kier alpha value is -3.25. The van der Waals surface area contributed by atoms with Crippen molar-refractivity contribution in [2.75, 3.05) is 33.1 Å². The van der Waals surface area contributed by atoms with E-state index >= 15 is 0 Å². The van der Waals surface area contributed by atoms with Gasteiger partial charge in [-0.3, -0.25) is 24.6 Å². The van der Waals surface area contributed by atoms with Crippen molar-refractivity contribution in [3.63, 3.8) is 0 Å². The van der Waals surface area contributed by atoms with Gasteiger partial charge >= 0.3 is 0 Å². The van der Waals surface area contributed by atoms with Gasteiger partial charge in [0.25, 0.3) is 5.91 Å². The average molecular weight is 731 g/mol. The lowest BCUT2D eigenvalue weighted by atomic mass is 9.84. The maximum Gasteiger partial charge on any atom is 0.259 e. The molecule has 10 nitrogen and oxygen atoms in total. The Morgan fingerprint density at radius 2 is 1.92 bits per heavy atom. The number of ether oxygens (including phenoxy) is 2. The van der Waals surface area contributed by atoms with Gasteiger partial charge in [-0.25, -0.2) is 5.43 Å². The van der Waals surface area contributed by atoms with Crippen LogP contribution in [0.15, 0.2) is 41.5 Å². The SMILES string of the molecule is CCn1c(-c2cccnc2[C@H](C)OC)c(CC(C)(C)COC)c2cc(C3CSC(C[C@H](NC(=O)C4[C@@H](C)[C@@H]4C)C(=O)N4CCC[C@@H](C)N4)=N3)ccc21. The monoisotopic (exact) mass is 730 g/mol. The van der Waals surface area contributed by atoms with Crippen LogP contribution in [0.25, 0.3) is 22.2 Å². The van der Waals surface area contributed by atoms with Gasteiger partial charge in [0.05, 0.1) is 35.2 Å². The first kappa shape index (κ1) is 38.5. The fourth-order valence-electron chi connectivity index (χ4n) is 8.24. The first-order valence-corrected chi connectivity index (χ1v) is 20.0. The van der Waals surface area contributed by atoms with E-state index in [2.05, 4.69) is 81.1 Å². The maximum absolute atomic E-state index is 13.9. The van der Waals surface area contributed by atoms with Crippen molar-refractivity contribution in [2.24, 2.45) is 28.2 Å². The molecule has 2 aromatic heterocycles. The number of aliphatic imine (C=N–C) groups is 1. The normalized spacial score (nSPS) is 24.5. The summed E-state index contributed by atoms with van der Waals surface area (Å²) in [5, 5.41) is 6.99. The molecule has 0 spiro atoms. The van der Waals surface area contributed by atoms with Gasteiger partial charge in [0, 0.05) is 74.1 Å². The third-order valence-electron chi connectivity index (χ3n) is 11.4. The number of hydrazine groups is 1. The molecule has 2 N–H and O–H groups in total. The summed E-state index contributed by atoms with van der Waals surface area (Å²) in [6.07, 6.45) is 4.85. The number of nitrogens with one attached hydrogen (secondary N) is 2. The third kappa shape index (κ3) is 7.98. The zero-order valence-electron chi connectivity index (χ0n) is 32.5. The Bertz CT molecular complexity index is 1800. The summed E-state index contributed by atoms with van der Waals surface area (Å²) in [6, 6.07) is 10.5. The highest BCUT2D eigenvalue weighted by molar-refractivity contribution is 8.14. The molecule has 1 aliphatic carbocycles. The zero-order chi connectivity index (χ0) is 37.3. The highest BCUT2D eigenvalue weighted by Crippen LogP contribution is 2.46. The number of aryl methyl sites for hydroxylation is 1. The molecule has 282 valence electrons. The molecular weight excluding hydrogens is 673 g/mol. The zero-order valence-corrected chi connectivity index (χ0v) is 33.3. The second-order valence-corrected chi connectivity index (χ2v) is 17.1. The molecule has 2 fully saturated rings. The van der Waals surface area contributed by atoms with Gasteiger partial charge in [0.1, 0.15) is 6.04 Å². The number of aromatic nitrogens is 2. The summed E-state index contributed by atoms with van der Waals surface area (Å²) >= 11 is 1.70. The molecule has 0 bridgehead atoms. The van der Waals surface area contributed by atoms with Crippen LogP contribution in [0, 0.1) is 23.2 Å². The van der Waals surface area contributed by atoms with Crippen LogP contribution in [0.1, 0.15) is 96.7 Å². The third-order valence-corrected chi connectivity index (χ3v) is 12.5. The number of carbonyl (C=O) groups excluding carboxylic acids is 2. The Kier molecular flexibility index (Phi) is 11.8. The van der Waals surface area contributed by atoms with Crippen LogP contribution in [0.4, 0.5) is 0 Å². The van der Waals surface area contributed by atoms with E-state index in [-0.39, 0.29) is 41.3 Å². The summed E-state index contributed by atoms with van der Waals surface area (Å²) < 4.78 is 13.9. The molecule has 1 saturated carbocycles. The number of benzene rings is 1. The number of hydrogen-bond donors (Lipinski definition) is 2. The molecule has 6 atom stereocenters. The summed E-state index contributed by atoms with van der Waals surface area (Å²) in [4.78, 5) is 37.2. The molecule has 3 aliphatic rings. The number of rotatable bonds is 14. The molecule has 1 unspecified atom stereocenters. The molecule has 2 aliphatic heterocycles. The lowest BCUT2D eigenvalue weighted by molar-refractivity contribution is -0.141. The predicted molar refractivity (Wildman–Crippen MR) is 210 cm³/mol. The van der Waals surface area contributed by atoms with Gasteiger partial charge < -0.3 is 19.4 Å². The Morgan fingerprint density at radius 1 is 1.15 bits per heavy atom. The fourth-order valence-corrected chi connectivity index (χ4v) is 9.34. The second kappa shape index (κ2) is 16.0. The number of hydrogen-bond acceptors (Lipinski definition) is 8. The van der Waals surface area contributed by atoms with Crippen molar-refractivity contribution in [1.82, 2.24) is 25.3 Å². The van der Waals surface area contributed by atoms with Gasteiger partial charge in [-0.05, 0) is 92.7 Å². The number of pyridine rings is 1. The highest BCUT2D eigenvalue weighted by Gasteiger charge is 2.49. The van der Waals surface area contributed by atoms with Gasteiger partial charge in [-0.15, -0.1) is 11.8 Å². The number of methoxy groups -OCH3 is 2. The first-order valence-electron chi connectivity index (χ1n) is 19.1. The average Bonchev–Trinajstić information content (AvgIpc) is 3.41. The van der Waals surface area contributed by atoms with Gasteiger partial charge in [-0.1, -0.05) is 33.8 Å². The molecule has 1 saturated heterocycles. The van der Waals surface area contributed by atoms with Crippen LogP contribution < -0.4 is 10.7 Å². The van der Waals surface area contributed by atoms with Crippen molar-refractivity contribution in [3.8, 4) is 11.3 Å². The summed E-state index contributed by atoms with van der Waals surface area (Å²) in [5.41, 5.74) is 10.0. The Balaban J connectivity index is 1.35. The smallest absolute Gasteiger partial charge is 0.259 e. The van der Waals surface area contributed by atoms with Gasteiger partial charge in [0.15, 0.2) is 0 Å². The summed E-state index contributed by atoms with van der Waals surface area (Å²) in [5.74, 6) is 1.32. The van der Waals surface area contributed by atoms with E-state index in [0.29, 0.717) is 31.4 Å². The second-order valence-electron chi connectivity index (χ2n) is 16.0. The number of nitrogens with zero attached hydrogens (tertiary/aromatic N) is 4. The van der Waals surface area contributed by atoms with E-state index in [4.69, 9.17) is 19.5 Å². The van der Waals surface area contributed by atoms with Gasteiger partial charge in [0.2, 0.25) is 5.91 Å². The minimum absolute atomic E-state index is 0.0224. The van der Waals surface area contributed by atoms with Crippen LogP contribution in [-0.4, -0.2) is 76.6 Å². The minimum Gasteiger partial charge on any atom is -0.384 e. The topological polar surface area (TPSA) is 110 Å². The lowest BCUT2D eigenvalue weighted by Crippen LogP contribution is -2.58. The summed E-state index contributed by atoms with van der Waals surface area (Å²) in [7, 11) is 3.50. The van der Waals surface area contributed by atoms with Crippen LogP contribution in [-0.2, 0) is 32.0 Å². The maximum atomic E-state index is 13.9. The lowest BCUT2D eigenvalue weighted by Gasteiger charge is -2.34. The van der Waals surface area contributed by atoms with E-state index in [1.54, 1.807) is 31.0 Å². The molecule has 6 rings (SSSR count). The standard InChI is InChI=1S/C41H58N6O4S/c1-10-46-34-16-15-28(19-30(34)31(21-41(6,7)23-50-8)38(46)29-14-11-17-42-37(29)27(5)51-9)33-22-52-35(43-33)20-32(44-39(48)36-25(3)26(36)4)40(49)47-18-12-13-24(2)45-47/h11,14-17,19,24-27,32-33,36,45H,10,12-13,18,20-23H2,1-9H3,(H,44,48)/t24-,25+,26+,27+,32+,33?/m1/s1. The molecule has 11 heteroatoms. The van der Waals surface area contributed by atoms with Crippen molar-refractivity contribution in [1.29, 1.82) is 0 Å².